The minimum absolute atomic E-state index is 0.00656. The highest BCUT2D eigenvalue weighted by Crippen LogP contribution is 2.16. The second kappa shape index (κ2) is 6.41. The molecule has 0 bridgehead atoms. The van der Waals surface area contributed by atoms with Crippen molar-refractivity contribution < 1.29 is 14.3 Å². The number of hydrogen-bond acceptors (Lipinski definition) is 3. The van der Waals surface area contributed by atoms with Gasteiger partial charge in [-0.1, -0.05) is 30.3 Å². The molecule has 1 aromatic carbocycles. The number of ether oxygens (including phenoxy) is 1. The van der Waals surface area contributed by atoms with E-state index in [9.17, 15) is 9.59 Å². The van der Waals surface area contributed by atoms with Crippen LogP contribution in [0.1, 0.15) is 24.8 Å². The topological polar surface area (TPSA) is 58.6 Å². The maximum atomic E-state index is 12.2. The van der Waals surface area contributed by atoms with Crippen LogP contribution in [0.4, 0.5) is 4.79 Å². The molecule has 0 spiro atoms. The van der Waals surface area contributed by atoms with Crippen molar-refractivity contribution in [3.05, 3.63) is 35.9 Å². The maximum Gasteiger partial charge on any atom is 0.409 e. The van der Waals surface area contributed by atoms with Gasteiger partial charge in [0, 0.05) is 19.1 Å². The molecule has 20 heavy (non-hydrogen) atoms. The van der Waals surface area contributed by atoms with E-state index in [4.69, 9.17) is 0 Å². The minimum Gasteiger partial charge on any atom is -0.453 e. The van der Waals surface area contributed by atoms with Crippen LogP contribution in [-0.2, 0) is 9.53 Å². The number of carbonyl (C=O) groups excluding carboxylic acids is 2. The van der Waals surface area contributed by atoms with Crippen LogP contribution in [0.2, 0.25) is 0 Å². The fraction of sp³-hybridized carbons (Fsp3) is 0.467. The average molecular weight is 276 g/mol. The van der Waals surface area contributed by atoms with Crippen LogP contribution in [0.15, 0.2) is 30.3 Å². The molecule has 2 atom stereocenters. The van der Waals surface area contributed by atoms with E-state index in [-0.39, 0.29) is 24.0 Å². The van der Waals surface area contributed by atoms with Gasteiger partial charge >= 0.3 is 6.09 Å². The Morgan fingerprint density at radius 1 is 1.35 bits per heavy atom. The summed E-state index contributed by atoms with van der Waals surface area (Å²) in [7, 11) is 1.37. The maximum absolute atomic E-state index is 12.2. The van der Waals surface area contributed by atoms with Crippen molar-refractivity contribution in [2.24, 2.45) is 0 Å². The molecule has 2 rings (SSSR count). The lowest BCUT2D eigenvalue weighted by atomic mass is 10.00. The number of hydrogen-bond donors (Lipinski definition) is 1. The fourth-order valence-corrected chi connectivity index (χ4v) is 2.39. The molecule has 1 N–H and O–H groups in total. The molecule has 0 aliphatic carbocycles. The lowest BCUT2D eigenvalue weighted by molar-refractivity contribution is -0.122. The summed E-state index contributed by atoms with van der Waals surface area (Å²) in [6.45, 7) is 3.02. The summed E-state index contributed by atoms with van der Waals surface area (Å²) in [5, 5.41) is 3.00. The molecule has 108 valence electrons. The molecule has 1 aliphatic rings. The highest BCUT2D eigenvalue weighted by molar-refractivity contribution is 5.83. The summed E-state index contributed by atoms with van der Waals surface area (Å²) in [6.07, 6.45) is 0.431. The van der Waals surface area contributed by atoms with Crippen molar-refractivity contribution in [2.45, 2.75) is 25.3 Å². The van der Waals surface area contributed by atoms with Gasteiger partial charge in [0.05, 0.1) is 13.0 Å². The summed E-state index contributed by atoms with van der Waals surface area (Å²) in [5.74, 6) is -0.198. The number of nitrogens with zero attached hydrogens (tertiary/aromatic N) is 1. The number of likely N-dealkylation sites (tertiary alicyclic amines) is 1. The highest BCUT2D eigenvalue weighted by atomic mass is 16.5. The van der Waals surface area contributed by atoms with E-state index in [0.717, 1.165) is 12.0 Å². The van der Waals surface area contributed by atoms with Gasteiger partial charge in [-0.25, -0.2) is 4.79 Å². The van der Waals surface area contributed by atoms with Crippen LogP contribution in [0.5, 0.6) is 0 Å². The zero-order valence-electron chi connectivity index (χ0n) is 11.8. The predicted molar refractivity (Wildman–Crippen MR) is 75.4 cm³/mol. The zero-order valence-corrected chi connectivity index (χ0v) is 11.8. The summed E-state index contributed by atoms with van der Waals surface area (Å²) in [6, 6.07) is 9.67. The Morgan fingerprint density at radius 2 is 2.05 bits per heavy atom. The zero-order chi connectivity index (χ0) is 14.5. The van der Waals surface area contributed by atoms with Gasteiger partial charge in [-0.05, 0) is 18.9 Å². The molecule has 1 fully saturated rings. The fourth-order valence-electron chi connectivity index (χ4n) is 2.39. The number of methoxy groups -OCH3 is 1. The Bertz CT molecular complexity index is 475. The lowest BCUT2D eigenvalue weighted by Gasteiger charge is -2.18. The first-order valence-corrected chi connectivity index (χ1v) is 6.80. The Labute approximate surface area is 118 Å². The first kappa shape index (κ1) is 14.4. The van der Waals surface area contributed by atoms with E-state index in [2.05, 4.69) is 10.1 Å². The van der Waals surface area contributed by atoms with E-state index >= 15 is 0 Å². The molecule has 0 saturated carbocycles. The molecule has 0 radical (unpaired) electrons. The third-order valence-corrected chi connectivity index (χ3v) is 3.66. The van der Waals surface area contributed by atoms with Gasteiger partial charge < -0.3 is 15.0 Å². The van der Waals surface area contributed by atoms with Crippen LogP contribution < -0.4 is 5.32 Å². The Hall–Kier alpha value is -2.04. The first-order chi connectivity index (χ1) is 9.61. The number of carbonyl (C=O) groups is 2. The lowest BCUT2D eigenvalue weighted by Crippen LogP contribution is -2.40. The van der Waals surface area contributed by atoms with Gasteiger partial charge in [0.1, 0.15) is 0 Å². The largest absolute Gasteiger partial charge is 0.453 e. The molecule has 5 heteroatoms. The summed E-state index contributed by atoms with van der Waals surface area (Å²) in [5.41, 5.74) is 0.993. The van der Waals surface area contributed by atoms with Gasteiger partial charge in [0.15, 0.2) is 0 Å². The average Bonchev–Trinajstić information content (AvgIpc) is 2.95. The van der Waals surface area contributed by atoms with E-state index < -0.39 is 0 Å². The van der Waals surface area contributed by atoms with Crippen molar-refractivity contribution in [1.29, 1.82) is 0 Å². The number of amides is 2. The van der Waals surface area contributed by atoms with Crippen LogP contribution in [0.3, 0.4) is 0 Å². The predicted octanol–water partition coefficient (Wildman–Crippen LogP) is 1.75. The Balaban J connectivity index is 1.88. The van der Waals surface area contributed by atoms with Gasteiger partial charge in [-0.2, -0.15) is 0 Å². The molecule has 1 heterocycles. The third-order valence-electron chi connectivity index (χ3n) is 3.66. The normalized spacial score (nSPS) is 19.5. The standard InChI is InChI=1S/C15H20N2O3/c1-11(12-6-4-3-5-7-12)14(18)16-13-8-9-17(10-13)15(19)20-2/h3-7,11,13H,8-10H2,1-2H3,(H,16,18). The van der Waals surface area contributed by atoms with Crippen LogP contribution in [0.25, 0.3) is 0 Å². The van der Waals surface area contributed by atoms with Crippen molar-refractivity contribution in [2.75, 3.05) is 20.2 Å². The quantitative estimate of drug-likeness (QED) is 0.915. The molecular weight excluding hydrogens is 256 g/mol. The van der Waals surface area contributed by atoms with Crippen molar-refractivity contribution in [1.82, 2.24) is 10.2 Å². The van der Waals surface area contributed by atoms with Crippen LogP contribution in [0, 0.1) is 0 Å². The first-order valence-electron chi connectivity index (χ1n) is 6.80. The van der Waals surface area contributed by atoms with Gasteiger partial charge in [0.25, 0.3) is 0 Å². The molecule has 5 nitrogen and oxygen atoms in total. The van der Waals surface area contributed by atoms with Crippen molar-refractivity contribution in [3.8, 4) is 0 Å². The second-order valence-electron chi connectivity index (χ2n) is 5.04. The summed E-state index contributed by atoms with van der Waals surface area (Å²) < 4.78 is 4.68. The van der Waals surface area contributed by atoms with E-state index in [1.807, 2.05) is 37.3 Å². The number of nitrogens with one attached hydrogen (secondary N) is 1. The monoisotopic (exact) mass is 276 g/mol. The summed E-state index contributed by atoms with van der Waals surface area (Å²) in [4.78, 5) is 25.2. The minimum atomic E-state index is -0.335. The number of benzene rings is 1. The van der Waals surface area contributed by atoms with Gasteiger partial charge in [0.2, 0.25) is 5.91 Å². The van der Waals surface area contributed by atoms with Gasteiger partial charge in [-0.15, -0.1) is 0 Å². The molecule has 2 amide bonds. The van der Waals surface area contributed by atoms with Crippen molar-refractivity contribution in [3.63, 3.8) is 0 Å². The third kappa shape index (κ3) is 3.29. The molecule has 1 saturated heterocycles. The van der Waals surface area contributed by atoms with E-state index in [0.29, 0.717) is 13.1 Å². The number of rotatable bonds is 3. The molecule has 0 aromatic heterocycles. The Kier molecular flexibility index (Phi) is 4.61. The van der Waals surface area contributed by atoms with Crippen LogP contribution >= 0.6 is 0 Å². The molecule has 1 aliphatic heterocycles. The van der Waals surface area contributed by atoms with E-state index in [1.165, 1.54) is 7.11 Å². The van der Waals surface area contributed by atoms with Crippen LogP contribution in [-0.4, -0.2) is 43.1 Å². The van der Waals surface area contributed by atoms with Gasteiger partial charge in [-0.3, -0.25) is 4.79 Å². The highest BCUT2D eigenvalue weighted by Gasteiger charge is 2.29. The molecule has 1 aromatic rings. The molecule has 2 unspecified atom stereocenters. The smallest absolute Gasteiger partial charge is 0.409 e. The van der Waals surface area contributed by atoms with Crippen molar-refractivity contribution >= 4 is 12.0 Å². The SMILES string of the molecule is COC(=O)N1CCC(NC(=O)C(C)c2ccccc2)C1. The Morgan fingerprint density at radius 3 is 2.70 bits per heavy atom. The van der Waals surface area contributed by atoms with E-state index in [1.54, 1.807) is 4.90 Å². The summed E-state index contributed by atoms with van der Waals surface area (Å²) >= 11 is 0. The molecular formula is C15H20N2O3. The second-order valence-corrected chi connectivity index (χ2v) is 5.04.